The lowest BCUT2D eigenvalue weighted by Gasteiger charge is -2.09. The van der Waals surface area contributed by atoms with E-state index in [-0.39, 0.29) is 16.0 Å². The van der Waals surface area contributed by atoms with Crippen LogP contribution in [0.15, 0.2) is 78.1 Å². The zero-order valence-corrected chi connectivity index (χ0v) is 16.5. The van der Waals surface area contributed by atoms with Crippen LogP contribution >= 0.6 is 23.2 Å². The lowest BCUT2D eigenvalue weighted by Crippen LogP contribution is -2.14. The van der Waals surface area contributed by atoms with Gasteiger partial charge in [0, 0.05) is 29.2 Å². The number of para-hydroxylation sites is 2. The molecule has 8 heteroatoms. The first-order valence-corrected chi connectivity index (χ1v) is 9.24. The number of halogens is 2. The number of aromatic nitrogens is 1. The van der Waals surface area contributed by atoms with E-state index in [1.807, 2.05) is 0 Å². The van der Waals surface area contributed by atoms with Crippen LogP contribution in [-0.2, 0) is 4.79 Å². The molecule has 0 unspecified atom stereocenters. The highest BCUT2D eigenvalue weighted by atomic mass is 35.5. The number of nitrogen functional groups attached to an aromatic ring is 1. The second-order valence-electron chi connectivity index (χ2n) is 5.94. The molecule has 0 saturated carbocycles. The second-order valence-corrected chi connectivity index (χ2v) is 6.70. The summed E-state index contributed by atoms with van der Waals surface area (Å²) in [5.74, 6) is -0.895. The molecule has 29 heavy (non-hydrogen) atoms. The number of nitrogens with one attached hydrogen (secondary N) is 2. The van der Waals surface area contributed by atoms with Crippen LogP contribution in [0.4, 0.5) is 17.1 Å². The lowest BCUT2D eigenvalue weighted by atomic mass is 10.1. The highest BCUT2D eigenvalue weighted by molar-refractivity contribution is 6.60. The normalized spacial score (nSPS) is 11.4. The number of hydrogen-bond acceptors (Lipinski definition) is 4. The third-order valence-corrected chi connectivity index (χ3v) is 4.79. The topological polar surface area (TPSA) is 97.1 Å². The largest absolute Gasteiger partial charge is 0.397 e. The summed E-state index contributed by atoms with van der Waals surface area (Å²) in [6, 6.07) is 16.7. The number of rotatable bonds is 5. The van der Waals surface area contributed by atoms with E-state index in [9.17, 15) is 9.59 Å². The zero-order valence-electron chi connectivity index (χ0n) is 15.0. The van der Waals surface area contributed by atoms with Crippen molar-refractivity contribution in [3.05, 3.63) is 89.2 Å². The molecule has 1 aromatic heterocycles. The van der Waals surface area contributed by atoms with E-state index in [0.717, 1.165) is 0 Å². The predicted octanol–water partition coefficient (Wildman–Crippen LogP) is 4.70. The first-order valence-electron chi connectivity index (χ1n) is 8.48. The average molecular weight is 427 g/mol. The van der Waals surface area contributed by atoms with Gasteiger partial charge in [-0.2, -0.15) is 0 Å². The van der Waals surface area contributed by atoms with Crippen LogP contribution in [0.5, 0.6) is 0 Å². The quantitative estimate of drug-likeness (QED) is 0.406. The molecule has 0 radical (unpaired) electrons. The van der Waals surface area contributed by atoms with E-state index in [4.69, 9.17) is 28.9 Å². The molecule has 0 spiro atoms. The molecule has 0 aliphatic rings. The summed E-state index contributed by atoms with van der Waals surface area (Å²) in [6.45, 7) is 0. The lowest BCUT2D eigenvalue weighted by molar-refractivity contribution is -0.112. The Labute approximate surface area is 177 Å². The third-order valence-electron chi connectivity index (χ3n) is 3.92. The van der Waals surface area contributed by atoms with Crippen LogP contribution in [0.25, 0.3) is 5.03 Å². The minimum absolute atomic E-state index is 0.0914. The van der Waals surface area contributed by atoms with Crippen molar-refractivity contribution in [2.75, 3.05) is 16.4 Å². The first-order chi connectivity index (χ1) is 14.0. The van der Waals surface area contributed by atoms with Gasteiger partial charge in [0.2, 0.25) is 0 Å². The van der Waals surface area contributed by atoms with Gasteiger partial charge < -0.3 is 16.4 Å². The summed E-state index contributed by atoms with van der Waals surface area (Å²) in [6.07, 6.45) is 3.09. The summed E-state index contributed by atoms with van der Waals surface area (Å²) in [7, 11) is 0. The van der Waals surface area contributed by atoms with Crippen LogP contribution in [0, 0.1) is 0 Å². The molecule has 3 rings (SSSR count). The molecule has 0 fully saturated rings. The predicted molar refractivity (Wildman–Crippen MR) is 117 cm³/mol. The standard InChI is InChI=1S/C21H16Cl2N4O2/c22-18(14-4-3-11-25-12-14)19(23)21(29)26-15-9-7-13(8-10-15)20(28)27-17-6-2-1-5-16(17)24/h1-12H,24H2,(H,26,29)(H,27,28)/b19-18+. The van der Waals surface area contributed by atoms with Gasteiger partial charge in [-0.3, -0.25) is 14.6 Å². The second kappa shape index (κ2) is 9.23. The van der Waals surface area contributed by atoms with E-state index < -0.39 is 5.91 Å². The number of carbonyl (C=O) groups is 2. The van der Waals surface area contributed by atoms with Crippen molar-refractivity contribution in [1.29, 1.82) is 0 Å². The maximum Gasteiger partial charge on any atom is 0.268 e. The van der Waals surface area contributed by atoms with Crippen molar-refractivity contribution < 1.29 is 9.59 Å². The van der Waals surface area contributed by atoms with E-state index in [0.29, 0.717) is 28.2 Å². The Morgan fingerprint density at radius 2 is 1.59 bits per heavy atom. The van der Waals surface area contributed by atoms with E-state index in [2.05, 4.69) is 15.6 Å². The van der Waals surface area contributed by atoms with Gasteiger partial charge in [0.15, 0.2) is 0 Å². The number of carbonyl (C=O) groups excluding carboxylic acids is 2. The van der Waals surface area contributed by atoms with Gasteiger partial charge in [-0.15, -0.1) is 0 Å². The highest BCUT2D eigenvalue weighted by Crippen LogP contribution is 2.26. The van der Waals surface area contributed by atoms with Gasteiger partial charge in [0.1, 0.15) is 5.03 Å². The Kier molecular flexibility index (Phi) is 6.49. The van der Waals surface area contributed by atoms with Crippen molar-refractivity contribution in [3.8, 4) is 0 Å². The monoisotopic (exact) mass is 426 g/mol. The molecule has 4 N–H and O–H groups in total. The number of benzene rings is 2. The van der Waals surface area contributed by atoms with Gasteiger partial charge >= 0.3 is 0 Å². The number of amides is 2. The molecule has 1 heterocycles. The average Bonchev–Trinajstić information content (AvgIpc) is 2.75. The van der Waals surface area contributed by atoms with E-state index in [1.165, 1.54) is 6.20 Å². The van der Waals surface area contributed by atoms with Crippen molar-refractivity contribution in [2.45, 2.75) is 0 Å². The van der Waals surface area contributed by atoms with E-state index >= 15 is 0 Å². The highest BCUT2D eigenvalue weighted by Gasteiger charge is 2.14. The molecule has 0 aliphatic carbocycles. The van der Waals surface area contributed by atoms with E-state index in [1.54, 1.807) is 66.9 Å². The molecular weight excluding hydrogens is 411 g/mol. The number of pyridine rings is 1. The van der Waals surface area contributed by atoms with Crippen molar-refractivity contribution in [1.82, 2.24) is 4.98 Å². The molecule has 0 atom stereocenters. The fourth-order valence-electron chi connectivity index (χ4n) is 2.42. The fraction of sp³-hybridized carbons (Fsp3) is 0. The SMILES string of the molecule is Nc1ccccc1NC(=O)c1ccc(NC(=O)/C(Cl)=C(\Cl)c2cccnc2)cc1. The fourth-order valence-corrected chi connectivity index (χ4v) is 2.77. The molecular formula is C21H16Cl2N4O2. The summed E-state index contributed by atoms with van der Waals surface area (Å²) < 4.78 is 0. The summed E-state index contributed by atoms with van der Waals surface area (Å²) in [5, 5.41) is 5.29. The maximum atomic E-state index is 12.3. The summed E-state index contributed by atoms with van der Waals surface area (Å²) in [4.78, 5) is 28.6. The Morgan fingerprint density at radius 1 is 0.862 bits per heavy atom. The molecule has 6 nitrogen and oxygen atoms in total. The van der Waals surface area contributed by atoms with Gasteiger partial charge in [-0.05, 0) is 42.5 Å². The number of nitrogens with zero attached hydrogens (tertiary/aromatic N) is 1. The molecule has 0 bridgehead atoms. The van der Waals surface area contributed by atoms with Crippen molar-refractivity contribution in [3.63, 3.8) is 0 Å². The minimum atomic E-state index is -0.574. The minimum Gasteiger partial charge on any atom is -0.397 e. The smallest absolute Gasteiger partial charge is 0.268 e. The van der Waals surface area contributed by atoms with Crippen LogP contribution in [-0.4, -0.2) is 16.8 Å². The van der Waals surface area contributed by atoms with Gasteiger partial charge in [-0.1, -0.05) is 41.4 Å². The Bertz CT molecular complexity index is 1070. The number of hydrogen-bond donors (Lipinski definition) is 3. The van der Waals surface area contributed by atoms with Crippen LogP contribution in [0.2, 0.25) is 0 Å². The molecule has 3 aromatic rings. The molecule has 2 amide bonds. The van der Waals surface area contributed by atoms with Crippen molar-refractivity contribution >= 4 is 57.1 Å². The van der Waals surface area contributed by atoms with Crippen molar-refractivity contribution in [2.24, 2.45) is 0 Å². The molecule has 0 aliphatic heterocycles. The Balaban J connectivity index is 1.68. The van der Waals surface area contributed by atoms with Gasteiger partial charge in [-0.25, -0.2) is 0 Å². The summed E-state index contributed by atoms with van der Waals surface area (Å²) in [5.41, 5.74) is 8.21. The molecule has 146 valence electrons. The summed E-state index contributed by atoms with van der Waals surface area (Å²) >= 11 is 12.2. The van der Waals surface area contributed by atoms with Gasteiger partial charge in [0.25, 0.3) is 11.8 Å². The molecule has 2 aromatic carbocycles. The maximum absolute atomic E-state index is 12.3. The first kappa shape index (κ1) is 20.4. The Morgan fingerprint density at radius 3 is 2.24 bits per heavy atom. The number of anilines is 3. The number of nitrogens with two attached hydrogens (primary N) is 1. The van der Waals surface area contributed by atoms with Crippen LogP contribution < -0.4 is 16.4 Å². The Hall–Kier alpha value is -3.35. The van der Waals surface area contributed by atoms with Gasteiger partial charge in [0.05, 0.1) is 16.4 Å². The molecule has 0 saturated heterocycles. The van der Waals surface area contributed by atoms with Crippen LogP contribution in [0.3, 0.4) is 0 Å². The zero-order chi connectivity index (χ0) is 20.8. The van der Waals surface area contributed by atoms with Crippen LogP contribution in [0.1, 0.15) is 15.9 Å². The third kappa shape index (κ3) is 5.13.